The number of phenols is 1. The van der Waals surface area contributed by atoms with Gasteiger partial charge in [-0.3, -0.25) is 4.79 Å². The maximum absolute atomic E-state index is 14.1. The lowest BCUT2D eigenvalue weighted by Gasteiger charge is -2.26. The first-order valence-corrected chi connectivity index (χ1v) is 7.49. The van der Waals surface area contributed by atoms with Crippen molar-refractivity contribution >= 4 is 17.6 Å². The molecule has 3 N–H and O–H groups in total. The van der Waals surface area contributed by atoms with Crippen LogP contribution in [0, 0.1) is 5.92 Å². The van der Waals surface area contributed by atoms with E-state index in [4.69, 9.17) is 16.7 Å². The lowest BCUT2D eigenvalue weighted by atomic mass is 10.0. The summed E-state index contributed by atoms with van der Waals surface area (Å²) in [5.41, 5.74) is 0.433. The first-order chi connectivity index (χ1) is 10.3. The highest BCUT2D eigenvalue weighted by molar-refractivity contribution is 6.32. The number of carbonyl (C=O) groups is 1. The molecule has 122 valence electrons. The molecule has 0 aromatic heterocycles. The van der Waals surface area contributed by atoms with E-state index in [1.165, 1.54) is 6.07 Å². The molecular weight excluding hydrogens is 316 g/mol. The highest BCUT2D eigenvalue weighted by Crippen LogP contribution is 2.35. The van der Waals surface area contributed by atoms with Crippen LogP contribution in [0.15, 0.2) is 18.2 Å². The second-order valence-corrected chi connectivity index (χ2v) is 6.00. The van der Waals surface area contributed by atoms with Crippen molar-refractivity contribution in [2.45, 2.75) is 44.2 Å². The molecule has 1 saturated carbocycles. The Morgan fingerprint density at radius 2 is 2.09 bits per heavy atom. The van der Waals surface area contributed by atoms with Gasteiger partial charge in [-0.1, -0.05) is 23.7 Å². The van der Waals surface area contributed by atoms with E-state index >= 15 is 0 Å². The number of alkyl halides is 2. The number of nitrogens with one attached hydrogen (secondary N) is 1. The smallest absolute Gasteiger partial charge is 0.306 e. The fraction of sp³-hybridized carbons (Fsp3) is 0.533. The summed E-state index contributed by atoms with van der Waals surface area (Å²) in [6.45, 7) is 0.0460. The van der Waals surface area contributed by atoms with Crippen LogP contribution < -0.4 is 5.32 Å². The van der Waals surface area contributed by atoms with Crippen molar-refractivity contribution in [3.63, 3.8) is 0 Å². The highest BCUT2D eigenvalue weighted by atomic mass is 35.5. The number of aromatic hydroxyl groups is 1. The Bertz CT molecular complexity index is 554. The fourth-order valence-electron chi connectivity index (χ4n) is 2.70. The number of carboxylic acid groups (broad SMARTS) is 1. The maximum Gasteiger partial charge on any atom is 0.306 e. The SMILES string of the molecule is O=C(O)[C@@H]1CC[C@@H](NCc2cccc(Cl)c2O)C(F)(F)CC1. The standard InChI is InChI=1S/C15H18ClF2NO3/c16-11-3-1-2-10(13(11)20)8-19-12-5-4-9(14(21)22)6-7-15(12,17)18/h1-3,9,12,19-20H,4-8H2,(H,21,22)/t9-,12-/m1/s1. The third-order valence-corrected chi connectivity index (χ3v) is 4.40. The van der Waals surface area contributed by atoms with E-state index in [9.17, 15) is 18.7 Å². The third-order valence-electron chi connectivity index (χ3n) is 4.10. The quantitative estimate of drug-likeness (QED) is 0.738. The molecule has 1 aromatic rings. The minimum atomic E-state index is -2.97. The van der Waals surface area contributed by atoms with E-state index in [0.717, 1.165) is 0 Å². The monoisotopic (exact) mass is 333 g/mol. The zero-order valence-electron chi connectivity index (χ0n) is 11.9. The van der Waals surface area contributed by atoms with Gasteiger partial charge in [0, 0.05) is 18.5 Å². The number of hydrogen-bond donors (Lipinski definition) is 3. The molecule has 0 heterocycles. The van der Waals surface area contributed by atoms with E-state index in [2.05, 4.69) is 5.32 Å². The lowest BCUT2D eigenvalue weighted by Crippen LogP contribution is -2.43. The Labute approximate surface area is 132 Å². The number of halogens is 3. The van der Waals surface area contributed by atoms with Gasteiger partial charge in [0.05, 0.1) is 17.0 Å². The van der Waals surface area contributed by atoms with Crippen LogP contribution in [0.1, 0.15) is 31.2 Å². The van der Waals surface area contributed by atoms with E-state index in [1.54, 1.807) is 12.1 Å². The van der Waals surface area contributed by atoms with Gasteiger partial charge in [0.15, 0.2) is 0 Å². The second kappa shape index (κ2) is 6.79. The Morgan fingerprint density at radius 3 is 2.77 bits per heavy atom. The van der Waals surface area contributed by atoms with Gasteiger partial charge in [-0.25, -0.2) is 8.78 Å². The summed E-state index contributed by atoms with van der Waals surface area (Å²) in [6, 6.07) is 3.63. The summed E-state index contributed by atoms with van der Waals surface area (Å²) in [5.74, 6) is -4.85. The number of benzene rings is 1. The molecule has 1 fully saturated rings. The van der Waals surface area contributed by atoms with Crippen molar-refractivity contribution in [2.75, 3.05) is 0 Å². The predicted octanol–water partition coefficient (Wildman–Crippen LogP) is 3.41. The van der Waals surface area contributed by atoms with Gasteiger partial charge in [0.2, 0.25) is 0 Å². The van der Waals surface area contributed by atoms with Gasteiger partial charge in [0.1, 0.15) is 5.75 Å². The Morgan fingerprint density at radius 1 is 1.36 bits per heavy atom. The Hall–Kier alpha value is -1.40. The van der Waals surface area contributed by atoms with Crippen molar-refractivity contribution in [2.24, 2.45) is 5.92 Å². The molecule has 0 amide bonds. The van der Waals surface area contributed by atoms with Crippen LogP contribution in [0.4, 0.5) is 8.78 Å². The van der Waals surface area contributed by atoms with Gasteiger partial charge in [-0.2, -0.15) is 0 Å². The average Bonchev–Trinajstić information content (AvgIpc) is 2.59. The molecule has 4 nitrogen and oxygen atoms in total. The molecule has 7 heteroatoms. The third kappa shape index (κ3) is 3.87. The summed E-state index contributed by atoms with van der Waals surface area (Å²) in [5, 5.41) is 21.7. The molecule has 0 spiro atoms. The topological polar surface area (TPSA) is 69.6 Å². The Kier molecular flexibility index (Phi) is 5.24. The van der Waals surface area contributed by atoms with Crippen LogP contribution >= 0.6 is 11.6 Å². The zero-order chi connectivity index (χ0) is 16.3. The molecule has 0 radical (unpaired) electrons. The van der Waals surface area contributed by atoms with Gasteiger partial charge < -0.3 is 15.5 Å². The number of rotatable bonds is 4. The van der Waals surface area contributed by atoms with Crippen LogP contribution in [-0.2, 0) is 11.3 Å². The molecular formula is C15H18ClF2NO3. The number of carboxylic acids is 1. The van der Waals surface area contributed by atoms with Crippen molar-refractivity contribution < 1.29 is 23.8 Å². The van der Waals surface area contributed by atoms with Gasteiger partial charge in [-0.05, 0) is 25.3 Å². The van der Waals surface area contributed by atoms with E-state index in [-0.39, 0.29) is 36.6 Å². The van der Waals surface area contributed by atoms with Crippen LogP contribution in [0.3, 0.4) is 0 Å². The van der Waals surface area contributed by atoms with E-state index in [1.807, 2.05) is 0 Å². The summed E-state index contributed by atoms with van der Waals surface area (Å²) in [7, 11) is 0. The average molecular weight is 334 g/mol. The van der Waals surface area contributed by atoms with Crippen LogP contribution in [-0.4, -0.2) is 28.1 Å². The molecule has 2 atom stereocenters. The largest absolute Gasteiger partial charge is 0.506 e. The van der Waals surface area contributed by atoms with E-state index < -0.39 is 30.3 Å². The highest BCUT2D eigenvalue weighted by Gasteiger charge is 2.42. The number of para-hydroxylation sites is 1. The molecule has 0 bridgehead atoms. The van der Waals surface area contributed by atoms with Gasteiger partial charge in [-0.15, -0.1) is 0 Å². The first-order valence-electron chi connectivity index (χ1n) is 7.11. The minimum Gasteiger partial charge on any atom is -0.506 e. The van der Waals surface area contributed by atoms with E-state index in [0.29, 0.717) is 5.56 Å². The number of aliphatic carboxylic acids is 1. The number of hydrogen-bond acceptors (Lipinski definition) is 3. The molecule has 0 saturated heterocycles. The van der Waals surface area contributed by atoms with Crippen molar-refractivity contribution in [1.29, 1.82) is 0 Å². The van der Waals surface area contributed by atoms with Crippen molar-refractivity contribution in [3.05, 3.63) is 28.8 Å². The van der Waals surface area contributed by atoms with Gasteiger partial charge in [0.25, 0.3) is 5.92 Å². The van der Waals surface area contributed by atoms with Crippen molar-refractivity contribution in [1.82, 2.24) is 5.32 Å². The molecule has 1 aliphatic carbocycles. The summed E-state index contributed by atoms with van der Waals surface area (Å²) >= 11 is 5.78. The van der Waals surface area contributed by atoms with Crippen LogP contribution in [0.25, 0.3) is 0 Å². The maximum atomic E-state index is 14.1. The fourth-order valence-corrected chi connectivity index (χ4v) is 2.89. The molecule has 22 heavy (non-hydrogen) atoms. The first kappa shape index (κ1) is 17.0. The summed E-state index contributed by atoms with van der Waals surface area (Å²) < 4.78 is 28.2. The van der Waals surface area contributed by atoms with Crippen LogP contribution in [0.5, 0.6) is 5.75 Å². The molecule has 2 rings (SSSR count). The molecule has 0 aliphatic heterocycles. The van der Waals surface area contributed by atoms with Gasteiger partial charge >= 0.3 is 5.97 Å². The molecule has 0 unspecified atom stereocenters. The molecule has 1 aliphatic rings. The van der Waals surface area contributed by atoms with Crippen molar-refractivity contribution in [3.8, 4) is 5.75 Å². The van der Waals surface area contributed by atoms with Crippen LogP contribution in [0.2, 0.25) is 5.02 Å². The minimum absolute atomic E-state index is 0.0249. The summed E-state index contributed by atoms with van der Waals surface area (Å²) in [4.78, 5) is 11.0. The Balaban J connectivity index is 2.04. The summed E-state index contributed by atoms with van der Waals surface area (Å²) in [6.07, 6.45) is -0.193. The normalized spacial score (nSPS) is 24.7. The zero-order valence-corrected chi connectivity index (χ0v) is 12.6. The lowest BCUT2D eigenvalue weighted by molar-refractivity contribution is -0.142. The predicted molar refractivity (Wildman–Crippen MR) is 78.3 cm³/mol. The second-order valence-electron chi connectivity index (χ2n) is 5.59. The molecule has 1 aromatic carbocycles. The number of phenolic OH excluding ortho intramolecular Hbond substituents is 1.